The molecule has 0 radical (unpaired) electrons. The van der Waals surface area contributed by atoms with Gasteiger partial charge in [0.2, 0.25) is 0 Å². The number of nitrogens with zero attached hydrogens (tertiary/aromatic N) is 2. The molecule has 6 heteroatoms. The summed E-state index contributed by atoms with van der Waals surface area (Å²) in [5, 5.41) is 10.3. The molecule has 1 aliphatic rings. The Bertz CT molecular complexity index is 398. The second-order valence-corrected chi connectivity index (χ2v) is 5.33. The van der Waals surface area contributed by atoms with Crippen molar-refractivity contribution in [1.82, 2.24) is 15.8 Å². The first kappa shape index (κ1) is 15.8. The predicted molar refractivity (Wildman–Crippen MR) is 82.1 cm³/mol. The number of hydrogen-bond acceptors (Lipinski definition) is 4. The maximum atomic E-state index is 5.94. The Morgan fingerprint density at radius 2 is 2.14 bits per heavy atom. The van der Waals surface area contributed by atoms with Gasteiger partial charge < -0.3 is 19.9 Å². The number of rotatable bonds is 6. The van der Waals surface area contributed by atoms with E-state index >= 15 is 0 Å². The van der Waals surface area contributed by atoms with Crippen LogP contribution in [0.3, 0.4) is 0 Å². The van der Waals surface area contributed by atoms with Gasteiger partial charge in [-0.05, 0) is 12.8 Å². The summed E-state index contributed by atoms with van der Waals surface area (Å²) >= 11 is 0. The maximum absolute atomic E-state index is 5.94. The minimum Gasteiger partial charge on any atom is -0.376 e. The van der Waals surface area contributed by atoms with Gasteiger partial charge in [0, 0.05) is 19.7 Å². The number of aliphatic imine (C=N–C) groups is 1. The number of nitrogens with one attached hydrogen (secondary N) is 2. The van der Waals surface area contributed by atoms with Crippen LogP contribution in [-0.2, 0) is 11.3 Å². The summed E-state index contributed by atoms with van der Waals surface area (Å²) in [7, 11) is 1.75. The predicted octanol–water partition coefficient (Wildman–Crippen LogP) is 2.08. The van der Waals surface area contributed by atoms with Crippen molar-refractivity contribution in [2.24, 2.45) is 4.99 Å². The molecule has 0 saturated heterocycles. The van der Waals surface area contributed by atoms with Crippen LogP contribution >= 0.6 is 0 Å². The monoisotopic (exact) mass is 294 g/mol. The molecule has 0 atom stereocenters. The van der Waals surface area contributed by atoms with E-state index in [1.165, 1.54) is 38.5 Å². The molecule has 2 rings (SSSR count). The summed E-state index contributed by atoms with van der Waals surface area (Å²) in [5.41, 5.74) is 0.854. The van der Waals surface area contributed by atoms with Gasteiger partial charge in [-0.25, -0.2) is 0 Å². The van der Waals surface area contributed by atoms with E-state index in [9.17, 15) is 0 Å². The van der Waals surface area contributed by atoms with E-state index in [2.05, 4.69) is 20.8 Å². The zero-order valence-corrected chi connectivity index (χ0v) is 12.8. The van der Waals surface area contributed by atoms with Crippen molar-refractivity contribution in [3.8, 4) is 0 Å². The Morgan fingerprint density at radius 1 is 1.33 bits per heavy atom. The highest BCUT2D eigenvalue weighted by atomic mass is 16.5. The third-order valence-corrected chi connectivity index (χ3v) is 3.70. The first-order valence-corrected chi connectivity index (χ1v) is 7.84. The highest BCUT2D eigenvalue weighted by Gasteiger charge is 2.12. The highest BCUT2D eigenvalue weighted by molar-refractivity contribution is 5.79. The van der Waals surface area contributed by atoms with Crippen molar-refractivity contribution in [1.29, 1.82) is 0 Å². The molecule has 0 spiro atoms. The van der Waals surface area contributed by atoms with E-state index in [0.29, 0.717) is 12.6 Å². The van der Waals surface area contributed by atoms with Gasteiger partial charge in [-0.2, -0.15) is 0 Å². The van der Waals surface area contributed by atoms with Crippen LogP contribution < -0.4 is 10.6 Å². The summed E-state index contributed by atoms with van der Waals surface area (Å²) in [5.74, 6) is 0.752. The van der Waals surface area contributed by atoms with E-state index in [1.54, 1.807) is 13.3 Å². The summed E-state index contributed by atoms with van der Waals surface area (Å²) in [6, 6.07) is 1.83. The second kappa shape index (κ2) is 9.39. The van der Waals surface area contributed by atoms with Gasteiger partial charge in [0.1, 0.15) is 12.0 Å². The minimum absolute atomic E-state index is 0.444. The lowest BCUT2D eigenvalue weighted by molar-refractivity contribution is 0.0468. The number of hydrogen-bond donors (Lipinski definition) is 2. The standard InChI is InChI=1S/C15H26N4O2/c1-16-15(18-12-13-8-10-21-19-13)17-9-11-20-14-6-4-2-3-5-7-14/h8,10,14H,2-7,9,11-12H2,1H3,(H2,16,17,18). The molecule has 0 bridgehead atoms. The highest BCUT2D eigenvalue weighted by Crippen LogP contribution is 2.19. The fraction of sp³-hybridized carbons (Fsp3) is 0.733. The molecular weight excluding hydrogens is 268 g/mol. The normalized spacial score (nSPS) is 17.5. The molecule has 1 heterocycles. The minimum atomic E-state index is 0.444. The molecule has 6 nitrogen and oxygen atoms in total. The maximum Gasteiger partial charge on any atom is 0.191 e. The molecular formula is C15H26N4O2. The van der Waals surface area contributed by atoms with Crippen molar-refractivity contribution >= 4 is 5.96 Å². The zero-order chi connectivity index (χ0) is 14.8. The van der Waals surface area contributed by atoms with Crippen molar-refractivity contribution in [2.75, 3.05) is 20.2 Å². The molecule has 1 fully saturated rings. The molecule has 1 aromatic rings. The Labute approximate surface area is 126 Å². The lowest BCUT2D eigenvalue weighted by Crippen LogP contribution is -2.39. The van der Waals surface area contributed by atoms with Crippen LogP contribution in [0.15, 0.2) is 21.8 Å². The van der Waals surface area contributed by atoms with Gasteiger partial charge in [-0.1, -0.05) is 30.8 Å². The number of aromatic nitrogens is 1. The first-order chi connectivity index (χ1) is 10.4. The molecule has 1 aromatic heterocycles. The molecule has 0 aromatic carbocycles. The van der Waals surface area contributed by atoms with Crippen LogP contribution in [0, 0.1) is 0 Å². The number of guanidine groups is 1. The van der Waals surface area contributed by atoms with Crippen molar-refractivity contribution in [2.45, 2.75) is 51.2 Å². The van der Waals surface area contributed by atoms with Crippen molar-refractivity contribution < 1.29 is 9.26 Å². The summed E-state index contributed by atoms with van der Waals surface area (Å²) in [6.07, 6.45) is 9.75. The summed E-state index contributed by atoms with van der Waals surface area (Å²) in [4.78, 5) is 4.17. The third kappa shape index (κ3) is 6.16. The van der Waals surface area contributed by atoms with Crippen LogP contribution in [0.4, 0.5) is 0 Å². The van der Waals surface area contributed by atoms with Gasteiger partial charge in [0.25, 0.3) is 0 Å². The lowest BCUT2D eigenvalue weighted by Gasteiger charge is -2.16. The average Bonchev–Trinajstić information content (AvgIpc) is 2.89. The van der Waals surface area contributed by atoms with E-state index in [4.69, 9.17) is 9.26 Å². The van der Waals surface area contributed by atoms with Crippen molar-refractivity contribution in [3.05, 3.63) is 18.0 Å². The molecule has 118 valence electrons. The fourth-order valence-corrected chi connectivity index (χ4v) is 2.53. The quantitative estimate of drug-likeness (QED) is 0.364. The van der Waals surface area contributed by atoms with E-state index in [0.717, 1.165) is 24.8 Å². The Hall–Kier alpha value is -1.56. The number of ether oxygens (including phenoxy) is 1. The zero-order valence-electron chi connectivity index (χ0n) is 12.8. The van der Waals surface area contributed by atoms with Gasteiger partial charge in [0.15, 0.2) is 5.96 Å². The van der Waals surface area contributed by atoms with Gasteiger partial charge in [0.05, 0.1) is 19.3 Å². The molecule has 0 amide bonds. The lowest BCUT2D eigenvalue weighted by atomic mass is 10.1. The van der Waals surface area contributed by atoms with Crippen LogP contribution in [0.25, 0.3) is 0 Å². The van der Waals surface area contributed by atoms with Gasteiger partial charge in [-0.3, -0.25) is 4.99 Å². The molecule has 0 unspecified atom stereocenters. The SMILES string of the molecule is CN=C(NCCOC1CCCCCC1)NCc1ccon1. The molecule has 0 aliphatic heterocycles. The Morgan fingerprint density at radius 3 is 2.81 bits per heavy atom. The average molecular weight is 294 g/mol. The van der Waals surface area contributed by atoms with Crippen molar-refractivity contribution in [3.63, 3.8) is 0 Å². The molecule has 2 N–H and O–H groups in total. The van der Waals surface area contributed by atoms with Crippen LogP contribution in [0.1, 0.15) is 44.2 Å². The van der Waals surface area contributed by atoms with E-state index in [-0.39, 0.29) is 0 Å². The van der Waals surface area contributed by atoms with Crippen LogP contribution in [0.2, 0.25) is 0 Å². The Kier molecular flexibility index (Phi) is 7.07. The second-order valence-electron chi connectivity index (χ2n) is 5.33. The molecule has 21 heavy (non-hydrogen) atoms. The third-order valence-electron chi connectivity index (χ3n) is 3.70. The summed E-state index contributed by atoms with van der Waals surface area (Å²) < 4.78 is 10.7. The smallest absolute Gasteiger partial charge is 0.191 e. The molecule has 1 saturated carbocycles. The van der Waals surface area contributed by atoms with E-state index in [1.807, 2.05) is 6.07 Å². The van der Waals surface area contributed by atoms with Crippen LogP contribution in [-0.4, -0.2) is 37.4 Å². The topological polar surface area (TPSA) is 71.7 Å². The largest absolute Gasteiger partial charge is 0.376 e. The molecule has 1 aliphatic carbocycles. The Balaban J connectivity index is 1.57. The summed E-state index contributed by atoms with van der Waals surface area (Å²) in [6.45, 7) is 2.07. The van der Waals surface area contributed by atoms with Crippen LogP contribution in [0.5, 0.6) is 0 Å². The fourth-order valence-electron chi connectivity index (χ4n) is 2.53. The van der Waals surface area contributed by atoms with Gasteiger partial charge in [-0.15, -0.1) is 0 Å². The van der Waals surface area contributed by atoms with Gasteiger partial charge >= 0.3 is 0 Å². The first-order valence-electron chi connectivity index (χ1n) is 7.84. The van der Waals surface area contributed by atoms with E-state index < -0.39 is 0 Å².